The van der Waals surface area contributed by atoms with Crippen molar-refractivity contribution in [3.05, 3.63) is 71.8 Å². The molecule has 2 saturated heterocycles. The lowest BCUT2D eigenvalue weighted by Gasteiger charge is -2.17. The Bertz CT molecular complexity index is 812. The molecular weight excluding hydrogens is 362 g/mol. The van der Waals surface area contributed by atoms with Crippen molar-refractivity contribution in [2.45, 2.75) is 31.0 Å². The predicted molar refractivity (Wildman–Crippen MR) is 98.7 cm³/mol. The Morgan fingerprint density at radius 3 is 2.07 bits per heavy atom. The first-order valence-corrected chi connectivity index (χ1v) is 9.18. The van der Waals surface area contributed by atoms with Crippen molar-refractivity contribution in [1.82, 2.24) is 5.32 Å². The molecule has 146 valence electrons. The van der Waals surface area contributed by atoms with E-state index in [4.69, 9.17) is 18.9 Å². The summed E-state index contributed by atoms with van der Waals surface area (Å²) < 4.78 is 22.4. The largest absolute Gasteiger partial charge is 0.453 e. The van der Waals surface area contributed by atoms with Gasteiger partial charge in [-0.1, -0.05) is 48.5 Å². The summed E-state index contributed by atoms with van der Waals surface area (Å²) in [6.07, 6.45) is -2.50. The summed E-state index contributed by atoms with van der Waals surface area (Å²) in [6.45, 7) is 0.784. The first-order chi connectivity index (χ1) is 13.7. The van der Waals surface area contributed by atoms with Crippen LogP contribution in [0.1, 0.15) is 15.9 Å². The number of amides is 1. The molecule has 2 aromatic carbocycles. The number of carbonyl (C=O) groups is 2. The van der Waals surface area contributed by atoms with Gasteiger partial charge in [-0.2, -0.15) is 0 Å². The van der Waals surface area contributed by atoms with Gasteiger partial charge in [0.1, 0.15) is 12.2 Å². The van der Waals surface area contributed by atoms with Gasteiger partial charge in [-0.05, 0) is 17.7 Å². The van der Waals surface area contributed by atoms with E-state index >= 15 is 0 Å². The molecule has 0 unspecified atom stereocenters. The number of hydrogen-bond acceptors (Lipinski definition) is 6. The molecular formula is C21H21NO6. The molecule has 2 aliphatic rings. The van der Waals surface area contributed by atoms with Crippen LogP contribution in [-0.4, -0.2) is 49.7 Å². The molecule has 0 radical (unpaired) electrons. The lowest BCUT2D eigenvalue weighted by atomic mass is 10.1. The van der Waals surface area contributed by atoms with Gasteiger partial charge < -0.3 is 24.3 Å². The summed E-state index contributed by atoms with van der Waals surface area (Å²) in [7, 11) is 0. The number of rotatable bonds is 5. The van der Waals surface area contributed by atoms with Crippen LogP contribution in [0.3, 0.4) is 0 Å². The van der Waals surface area contributed by atoms with Crippen LogP contribution in [-0.2, 0) is 25.5 Å². The van der Waals surface area contributed by atoms with Crippen molar-refractivity contribution in [2.75, 3.05) is 13.2 Å². The zero-order chi connectivity index (χ0) is 19.3. The fraction of sp³-hybridized carbons (Fsp3) is 0.333. The van der Waals surface area contributed by atoms with Gasteiger partial charge in [-0.25, -0.2) is 9.59 Å². The van der Waals surface area contributed by atoms with Crippen molar-refractivity contribution in [3.63, 3.8) is 0 Å². The van der Waals surface area contributed by atoms with Crippen LogP contribution >= 0.6 is 0 Å². The van der Waals surface area contributed by atoms with Gasteiger partial charge in [0, 0.05) is 6.54 Å². The minimum atomic E-state index is -0.541. The Labute approximate surface area is 162 Å². The third-order valence-corrected chi connectivity index (χ3v) is 4.77. The number of carbonyl (C=O) groups excluding carboxylic acids is 2. The molecule has 4 atom stereocenters. The van der Waals surface area contributed by atoms with Crippen molar-refractivity contribution in [2.24, 2.45) is 0 Å². The zero-order valence-corrected chi connectivity index (χ0v) is 15.2. The van der Waals surface area contributed by atoms with Crippen LogP contribution in [0, 0.1) is 0 Å². The lowest BCUT2D eigenvalue weighted by molar-refractivity contribution is -0.0231. The van der Waals surface area contributed by atoms with Gasteiger partial charge in [0.2, 0.25) is 0 Å². The minimum Gasteiger partial charge on any atom is -0.453 e. The van der Waals surface area contributed by atoms with Gasteiger partial charge in [-0.3, -0.25) is 0 Å². The molecule has 0 bridgehead atoms. The molecule has 7 heteroatoms. The second kappa shape index (κ2) is 8.41. The summed E-state index contributed by atoms with van der Waals surface area (Å²) in [5.41, 5.74) is 1.45. The second-order valence-corrected chi connectivity index (χ2v) is 6.69. The molecule has 7 nitrogen and oxygen atoms in total. The van der Waals surface area contributed by atoms with E-state index < -0.39 is 36.5 Å². The Hall–Kier alpha value is -2.90. The average molecular weight is 383 g/mol. The standard InChI is InChI=1S/C21H21NO6/c23-20(15-9-5-2-6-10-15)27-16-12-25-19-17(13-26-18(16)19)28-21(24)22-11-14-7-3-1-4-8-14/h1-10,16-19H,11-13H2,(H,22,24)/t16-,17+,18-,19-/m1/s1. The van der Waals surface area contributed by atoms with Gasteiger partial charge in [0.25, 0.3) is 0 Å². The SMILES string of the molecule is O=C(NCc1ccccc1)O[C@H]1CO[C@H]2[C@@H]1OC[C@H]2OC(=O)c1ccccc1. The van der Waals surface area contributed by atoms with E-state index in [1.54, 1.807) is 24.3 Å². The molecule has 2 heterocycles. The first kappa shape index (κ1) is 18.5. The molecule has 0 aliphatic carbocycles. The molecule has 2 fully saturated rings. The Morgan fingerprint density at radius 2 is 1.43 bits per heavy atom. The number of benzene rings is 2. The quantitative estimate of drug-likeness (QED) is 0.798. The molecule has 0 saturated carbocycles. The Kier molecular flexibility index (Phi) is 5.55. The molecule has 2 aromatic rings. The molecule has 1 amide bonds. The van der Waals surface area contributed by atoms with Gasteiger partial charge >= 0.3 is 12.1 Å². The maximum Gasteiger partial charge on any atom is 0.407 e. The monoisotopic (exact) mass is 383 g/mol. The van der Waals surface area contributed by atoms with E-state index in [9.17, 15) is 9.59 Å². The Morgan fingerprint density at radius 1 is 0.857 bits per heavy atom. The highest BCUT2D eigenvalue weighted by Crippen LogP contribution is 2.31. The van der Waals surface area contributed by atoms with Crippen LogP contribution in [0.5, 0.6) is 0 Å². The van der Waals surface area contributed by atoms with Crippen LogP contribution < -0.4 is 5.32 Å². The third-order valence-electron chi connectivity index (χ3n) is 4.77. The highest BCUT2D eigenvalue weighted by atomic mass is 16.7. The number of hydrogen-bond donors (Lipinski definition) is 1. The molecule has 28 heavy (non-hydrogen) atoms. The molecule has 1 N–H and O–H groups in total. The van der Waals surface area contributed by atoms with Crippen LogP contribution in [0.2, 0.25) is 0 Å². The minimum absolute atomic E-state index is 0.202. The summed E-state index contributed by atoms with van der Waals surface area (Å²) in [5.74, 6) is -0.427. The summed E-state index contributed by atoms with van der Waals surface area (Å²) in [5, 5.41) is 2.71. The van der Waals surface area contributed by atoms with Gasteiger partial charge in [0.05, 0.1) is 18.8 Å². The van der Waals surface area contributed by atoms with Gasteiger partial charge in [-0.15, -0.1) is 0 Å². The molecule has 4 rings (SSSR count). The predicted octanol–water partition coefficient (Wildman–Crippen LogP) is 2.30. The van der Waals surface area contributed by atoms with E-state index in [2.05, 4.69) is 5.32 Å². The van der Waals surface area contributed by atoms with Gasteiger partial charge in [0.15, 0.2) is 12.2 Å². The third kappa shape index (κ3) is 4.16. The van der Waals surface area contributed by atoms with E-state index in [0.29, 0.717) is 12.1 Å². The van der Waals surface area contributed by atoms with Crippen molar-refractivity contribution < 1.29 is 28.5 Å². The summed E-state index contributed by atoms with van der Waals surface area (Å²) in [4.78, 5) is 24.3. The number of nitrogens with one attached hydrogen (secondary N) is 1. The number of alkyl carbamates (subject to hydrolysis) is 1. The number of ether oxygens (including phenoxy) is 4. The summed E-state index contributed by atoms with van der Waals surface area (Å²) in [6, 6.07) is 18.3. The van der Waals surface area contributed by atoms with Crippen molar-refractivity contribution in [3.8, 4) is 0 Å². The average Bonchev–Trinajstić information content (AvgIpc) is 3.31. The van der Waals surface area contributed by atoms with E-state index in [1.807, 2.05) is 36.4 Å². The van der Waals surface area contributed by atoms with E-state index in [1.165, 1.54) is 0 Å². The second-order valence-electron chi connectivity index (χ2n) is 6.69. The van der Waals surface area contributed by atoms with E-state index in [-0.39, 0.29) is 13.2 Å². The number of esters is 1. The smallest absolute Gasteiger partial charge is 0.407 e. The fourth-order valence-electron chi connectivity index (χ4n) is 3.36. The Balaban J connectivity index is 1.27. The topological polar surface area (TPSA) is 83.1 Å². The molecule has 2 aliphatic heterocycles. The van der Waals surface area contributed by atoms with Crippen LogP contribution in [0.25, 0.3) is 0 Å². The summed E-state index contributed by atoms with van der Waals surface area (Å²) >= 11 is 0. The fourth-order valence-corrected chi connectivity index (χ4v) is 3.36. The van der Waals surface area contributed by atoms with Crippen LogP contribution in [0.4, 0.5) is 4.79 Å². The van der Waals surface area contributed by atoms with Crippen molar-refractivity contribution in [1.29, 1.82) is 0 Å². The van der Waals surface area contributed by atoms with Crippen molar-refractivity contribution >= 4 is 12.1 Å². The highest BCUT2D eigenvalue weighted by Gasteiger charge is 2.51. The lowest BCUT2D eigenvalue weighted by Crippen LogP contribution is -2.38. The maximum atomic E-state index is 12.2. The zero-order valence-electron chi connectivity index (χ0n) is 15.2. The normalized spacial score (nSPS) is 25.7. The van der Waals surface area contributed by atoms with E-state index in [0.717, 1.165) is 5.56 Å². The number of fused-ring (bicyclic) bond motifs is 1. The van der Waals surface area contributed by atoms with Crippen LogP contribution in [0.15, 0.2) is 60.7 Å². The first-order valence-electron chi connectivity index (χ1n) is 9.18. The highest BCUT2D eigenvalue weighted by molar-refractivity contribution is 5.89. The maximum absolute atomic E-state index is 12.2. The molecule has 0 spiro atoms. The molecule has 0 aromatic heterocycles.